The first-order valence-corrected chi connectivity index (χ1v) is 14.2. The van der Waals surface area contributed by atoms with Crippen LogP contribution in [-0.2, 0) is 9.53 Å². The maximum atomic E-state index is 12.7. The molecule has 1 N–H and O–H groups in total. The highest BCUT2D eigenvalue weighted by Gasteiger charge is 2.41. The molecule has 0 unspecified atom stereocenters. The Morgan fingerprint density at radius 3 is 2.37 bits per heavy atom. The molecule has 0 bridgehead atoms. The van der Waals surface area contributed by atoms with Crippen molar-refractivity contribution < 1.29 is 19.4 Å². The Morgan fingerprint density at radius 2 is 1.79 bits per heavy atom. The zero-order valence-corrected chi connectivity index (χ0v) is 24.0. The van der Waals surface area contributed by atoms with E-state index in [4.69, 9.17) is 14.5 Å². The Hall–Kier alpha value is -2.67. The van der Waals surface area contributed by atoms with Crippen molar-refractivity contribution in [3.63, 3.8) is 0 Å². The smallest absolute Gasteiger partial charge is 0.337 e. The van der Waals surface area contributed by atoms with Crippen LogP contribution < -0.4 is 9.64 Å². The SMILES string of the molecule is Cc1ncc(-c2ccc(OCC(C)C)cn2)c(N2CCC3(CCCCCC3)C2)c1[C@H](OC(C)(C)C)C(=O)O. The first-order valence-electron chi connectivity index (χ1n) is 14.2. The van der Waals surface area contributed by atoms with Crippen LogP contribution in [0.3, 0.4) is 0 Å². The molecule has 3 heterocycles. The number of anilines is 1. The zero-order chi connectivity index (χ0) is 27.5. The van der Waals surface area contributed by atoms with Gasteiger partial charge in [-0.3, -0.25) is 9.97 Å². The van der Waals surface area contributed by atoms with Gasteiger partial charge in [-0.25, -0.2) is 4.79 Å². The number of rotatable bonds is 8. The first-order chi connectivity index (χ1) is 18.0. The van der Waals surface area contributed by atoms with Crippen LogP contribution in [0.5, 0.6) is 5.75 Å². The second-order valence-corrected chi connectivity index (χ2v) is 12.6. The summed E-state index contributed by atoms with van der Waals surface area (Å²) in [7, 11) is 0. The van der Waals surface area contributed by atoms with Gasteiger partial charge in [0.2, 0.25) is 0 Å². The lowest BCUT2D eigenvalue weighted by atomic mass is 9.80. The standard InChI is InChI=1S/C31H45N3O4/c1-21(2)19-37-23-11-12-25(33-17-23)24-18-32-22(3)26(28(29(35)36)38-30(4,5)6)27(24)34-16-15-31(20-34)13-9-7-8-10-14-31/h11-12,17-18,21,28H,7-10,13-16,19-20H2,1-6H3,(H,35,36)/t28-/m0/s1. The molecule has 1 saturated carbocycles. The van der Waals surface area contributed by atoms with Gasteiger partial charge in [0.1, 0.15) is 5.75 Å². The van der Waals surface area contributed by atoms with E-state index in [0.717, 1.165) is 42.2 Å². The number of aliphatic carboxylic acids is 1. The minimum absolute atomic E-state index is 0.286. The second-order valence-electron chi connectivity index (χ2n) is 12.6. The van der Waals surface area contributed by atoms with Gasteiger partial charge in [0.15, 0.2) is 6.10 Å². The Morgan fingerprint density at radius 1 is 1.08 bits per heavy atom. The van der Waals surface area contributed by atoms with Crippen molar-refractivity contribution in [2.75, 3.05) is 24.6 Å². The lowest BCUT2D eigenvalue weighted by molar-refractivity contribution is -0.160. The Kier molecular flexibility index (Phi) is 8.65. The molecule has 1 saturated heterocycles. The van der Waals surface area contributed by atoms with E-state index in [1.54, 1.807) is 6.20 Å². The zero-order valence-electron chi connectivity index (χ0n) is 24.0. The van der Waals surface area contributed by atoms with Crippen LogP contribution >= 0.6 is 0 Å². The number of aryl methyl sites for hydroxylation is 1. The van der Waals surface area contributed by atoms with Crippen LogP contribution in [0.25, 0.3) is 11.3 Å². The molecule has 0 aromatic carbocycles. The van der Waals surface area contributed by atoms with Gasteiger partial charge in [-0.1, -0.05) is 39.5 Å². The Balaban J connectivity index is 1.81. The van der Waals surface area contributed by atoms with Gasteiger partial charge >= 0.3 is 5.97 Å². The van der Waals surface area contributed by atoms with E-state index >= 15 is 0 Å². The summed E-state index contributed by atoms with van der Waals surface area (Å²) in [6.07, 6.45) is 11.2. The average molecular weight is 524 g/mol. The molecule has 4 rings (SSSR count). The number of hydrogen-bond donors (Lipinski definition) is 1. The normalized spacial score (nSPS) is 18.6. The molecule has 0 radical (unpaired) electrons. The Labute approximate surface area is 228 Å². The van der Waals surface area contributed by atoms with Crippen LogP contribution in [-0.4, -0.2) is 46.3 Å². The van der Waals surface area contributed by atoms with E-state index in [2.05, 4.69) is 23.7 Å². The summed E-state index contributed by atoms with van der Waals surface area (Å²) in [4.78, 5) is 24.5. The predicted molar refractivity (Wildman–Crippen MR) is 151 cm³/mol. The third kappa shape index (κ3) is 6.66. The Bertz CT molecular complexity index is 1100. The third-order valence-electron chi connectivity index (χ3n) is 7.76. The highest BCUT2D eigenvalue weighted by atomic mass is 16.5. The molecule has 1 atom stereocenters. The summed E-state index contributed by atoms with van der Waals surface area (Å²) in [5.74, 6) is 0.145. The lowest BCUT2D eigenvalue weighted by Gasteiger charge is -2.33. The lowest BCUT2D eigenvalue weighted by Crippen LogP contribution is -2.32. The van der Waals surface area contributed by atoms with E-state index in [-0.39, 0.29) is 5.41 Å². The van der Waals surface area contributed by atoms with Crippen molar-refractivity contribution in [1.29, 1.82) is 0 Å². The molecular formula is C31H45N3O4. The molecule has 38 heavy (non-hydrogen) atoms. The number of nitrogens with zero attached hydrogens (tertiary/aromatic N) is 3. The molecule has 2 aliphatic rings. The van der Waals surface area contributed by atoms with Gasteiger partial charge in [-0.05, 0) is 70.4 Å². The second kappa shape index (κ2) is 11.6. The van der Waals surface area contributed by atoms with Gasteiger partial charge in [0.25, 0.3) is 0 Å². The molecule has 0 amide bonds. The summed E-state index contributed by atoms with van der Waals surface area (Å²) >= 11 is 0. The van der Waals surface area contributed by atoms with Gasteiger partial charge in [0.05, 0.1) is 29.8 Å². The number of carboxylic acids is 1. The maximum Gasteiger partial charge on any atom is 0.337 e. The maximum absolute atomic E-state index is 12.7. The van der Waals surface area contributed by atoms with E-state index < -0.39 is 17.7 Å². The van der Waals surface area contributed by atoms with Crippen molar-refractivity contribution >= 4 is 11.7 Å². The summed E-state index contributed by atoms with van der Waals surface area (Å²) < 4.78 is 12.0. The fraction of sp³-hybridized carbons (Fsp3) is 0.645. The number of carbonyl (C=O) groups is 1. The summed E-state index contributed by atoms with van der Waals surface area (Å²) in [5, 5.41) is 10.4. The minimum Gasteiger partial charge on any atom is -0.492 e. The van der Waals surface area contributed by atoms with E-state index in [1.807, 2.05) is 46.0 Å². The number of aromatic nitrogens is 2. The fourth-order valence-electron chi connectivity index (χ4n) is 5.94. The van der Waals surface area contributed by atoms with Crippen molar-refractivity contribution in [1.82, 2.24) is 9.97 Å². The summed E-state index contributed by atoms with van der Waals surface area (Å²) in [6.45, 7) is 14.2. The summed E-state index contributed by atoms with van der Waals surface area (Å²) in [6, 6.07) is 3.89. The number of hydrogen-bond acceptors (Lipinski definition) is 6. The molecular weight excluding hydrogens is 478 g/mol. The van der Waals surface area contributed by atoms with Crippen LogP contribution in [0, 0.1) is 18.3 Å². The average Bonchev–Trinajstić information content (AvgIpc) is 3.12. The van der Waals surface area contributed by atoms with E-state index in [0.29, 0.717) is 23.8 Å². The molecule has 2 aromatic heterocycles. The fourth-order valence-corrected chi connectivity index (χ4v) is 5.94. The van der Waals surface area contributed by atoms with Gasteiger partial charge in [0, 0.05) is 36.1 Å². The molecule has 2 fully saturated rings. The van der Waals surface area contributed by atoms with Gasteiger partial charge in [-0.15, -0.1) is 0 Å². The molecule has 2 aromatic rings. The van der Waals surface area contributed by atoms with Crippen molar-refractivity contribution in [3.8, 4) is 17.0 Å². The van der Waals surface area contributed by atoms with Crippen molar-refractivity contribution in [2.45, 2.75) is 98.2 Å². The van der Waals surface area contributed by atoms with Crippen LogP contribution in [0.15, 0.2) is 24.5 Å². The van der Waals surface area contributed by atoms with E-state index in [1.165, 1.54) is 38.5 Å². The number of pyridine rings is 2. The summed E-state index contributed by atoms with van der Waals surface area (Å²) in [5.41, 5.74) is 3.47. The molecule has 1 aliphatic heterocycles. The van der Waals surface area contributed by atoms with Crippen molar-refractivity contribution in [2.24, 2.45) is 11.3 Å². The number of ether oxygens (including phenoxy) is 2. The van der Waals surface area contributed by atoms with Gasteiger partial charge < -0.3 is 19.5 Å². The van der Waals surface area contributed by atoms with E-state index in [9.17, 15) is 9.90 Å². The van der Waals surface area contributed by atoms with Crippen LogP contribution in [0.2, 0.25) is 0 Å². The first kappa shape index (κ1) is 28.3. The predicted octanol–water partition coefficient (Wildman–Crippen LogP) is 6.98. The topological polar surface area (TPSA) is 84.8 Å². The highest BCUT2D eigenvalue weighted by molar-refractivity contribution is 5.85. The quantitative estimate of drug-likeness (QED) is 0.399. The number of carboxylic acid groups (broad SMARTS) is 1. The van der Waals surface area contributed by atoms with Crippen molar-refractivity contribution in [3.05, 3.63) is 35.8 Å². The third-order valence-corrected chi connectivity index (χ3v) is 7.76. The molecule has 1 aliphatic carbocycles. The molecule has 7 heteroatoms. The van der Waals surface area contributed by atoms with Crippen LogP contribution in [0.4, 0.5) is 5.69 Å². The molecule has 1 spiro atoms. The van der Waals surface area contributed by atoms with Crippen LogP contribution in [0.1, 0.15) is 96.9 Å². The molecule has 208 valence electrons. The molecule has 7 nitrogen and oxygen atoms in total. The highest BCUT2D eigenvalue weighted by Crippen LogP contribution is 2.48. The largest absolute Gasteiger partial charge is 0.492 e. The monoisotopic (exact) mass is 523 g/mol. The van der Waals surface area contributed by atoms with Gasteiger partial charge in [-0.2, -0.15) is 0 Å². The minimum atomic E-state index is -1.13.